The molecule has 2 amide bonds. The van der Waals surface area contributed by atoms with Crippen molar-refractivity contribution in [1.29, 1.82) is 0 Å². The van der Waals surface area contributed by atoms with Gasteiger partial charge in [-0.3, -0.25) is 14.3 Å². The number of rotatable bonds is 8. The van der Waals surface area contributed by atoms with Gasteiger partial charge in [0.25, 0.3) is 0 Å². The number of carbonyl (C=O) groups is 2. The van der Waals surface area contributed by atoms with Gasteiger partial charge in [0.15, 0.2) is 11.6 Å². The standard InChI is InChI=1S/C11H14F2N2O3S.C8H8F2N2O.C3H7ClO2S/c1-3-6-19(17,18)15-9-5-4-8(12)11(10(9)13)14-7(2)16;1-4(13)12-8-5(9)2-3-6(11)7(8)10;1-2-3-7(4,5)6/h4-5,15H,3,6H2,1-2H3,(H,14,16);2-3H,11H2,1H3,(H,12,13);2-3H2,1H3. The largest absolute Gasteiger partial charge is 0.396 e. The first-order valence-corrected chi connectivity index (χ1v) is 15.2. The number of nitrogens with two attached hydrogens (primary N) is 1. The van der Waals surface area contributed by atoms with Crippen molar-refractivity contribution in [3.05, 3.63) is 47.5 Å². The maximum absolute atomic E-state index is 13.9. The molecule has 220 valence electrons. The Morgan fingerprint density at radius 2 is 1.23 bits per heavy atom. The van der Waals surface area contributed by atoms with Crippen molar-refractivity contribution in [3.63, 3.8) is 0 Å². The molecule has 5 N–H and O–H groups in total. The highest BCUT2D eigenvalue weighted by Gasteiger charge is 2.18. The molecule has 0 heterocycles. The van der Waals surface area contributed by atoms with Crippen LogP contribution in [0.3, 0.4) is 0 Å². The average molecular weight is 621 g/mol. The Labute approximate surface area is 228 Å². The molecule has 0 bridgehead atoms. The first-order chi connectivity index (χ1) is 17.8. The SMILES string of the molecule is CC(=O)Nc1c(F)ccc(N)c1F.CCCS(=O)(=O)Cl.CCCS(=O)(=O)Nc1ccc(F)c(NC(C)=O)c1F. The summed E-state index contributed by atoms with van der Waals surface area (Å²) in [6, 6.07) is 3.92. The van der Waals surface area contributed by atoms with E-state index >= 15 is 0 Å². The summed E-state index contributed by atoms with van der Waals surface area (Å²) in [5.41, 5.74) is 3.38. The van der Waals surface area contributed by atoms with Crippen molar-refractivity contribution < 1.29 is 44.0 Å². The van der Waals surface area contributed by atoms with Gasteiger partial charge in [-0.1, -0.05) is 13.8 Å². The van der Waals surface area contributed by atoms with Gasteiger partial charge in [-0.25, -0.2) is 34.4 Å². The van der Waals surface area contributed by atoms with Crippen molar-refractivity contribution in [2.75, 3.05) is 32.6 Å². The van der Waals surface area contributed by atoms with Crippen LogP contribution < -0.4 is 21.1 Å². The highest BCUT2D eigenvalue weighted by atomic mass is 35.7. The van der Waals surface area contributed by atoms with E-state index in [4.69, 9.17) is 16.4 Å². The lowest BCUT2D eigenvalue weighted by molar-refractivity contribution is -0.115. The summed E-state index contributed by atoms with van der Waals surface area (Å²) in [6.45, 7) is 5.66. The third-order valence-electron chi connectivity index (χ3n) is 4.00. The summed E-state index contributed by atoms with van der Waals surface area (Å²) < 4.78 is 98.2. The summed E-state index contributed by atoms with van der Waals surface area (Å²) >= 11 is 0. The number of hydrogen-bond acceptors (Lipinski definition) is 7. The van der Waals surface area contributed by atoms with Crippen LogP contribution in [0.1, 0.15) is 40.5 Å². The molecule has 2 rings (SSSR count). The van der Waals surface area contributed by atoms with E-state index in [1.54, 1.807) is 13.8 Å². The van der Waals surface area contributed by atoms with E-state index < -0.39 is 71.2 Å². The molecule has 10 nitrogen and oxygen atoms in total. The zero-order valence-electron chi connectivity index (χ0n) is 21.4. The molecule has 0 aromatic heterocycles. The minimum Gasteiger partial charge on any atom is -0.396 e. The van der Waals surface area contributed by atoms with Crippen molar-refractivity contribution in [2.45, 2.75) is 40.5 Å². The van der Waals surface area contributed by atoms with Gasteiger partial charge in [0.1, 0.15) is 23.0 Å². The Morgan fingerprint density at radius 1 is 0.795 bits per heavy atom. The molecule has 2 aromatic carbocycles. The molecule has 0 saturated heterocycles. The second-order valence-electron chi connectivity index (χ2n) is 7.64. The van der Waals surface area contributed by atoms with Crippen LogP contribution in [0.15, 0.2) is 24.3 Å². The molecule has 0 saturated carbocycles. The second kappa shape index (κ2) is 16.1. The predicted octanol–water partition coefficient (Wildman–Crippen LogP) is 4.55. The molecular weight excluding hydrogens is 592 g/mol. The summed E-state index contributed by atoms with van der Waals surface area (Å²) in [4.78, 5) is 21.4. The third kappa shape index (κ3) is 14.0. The Balaban J connectivity index is 0.000000622. The summed E-state index contributed by atoms with van der Waals surface area (Å²) in [6.07, 6.45) is 0.947. The Hall–Kier alpha value is -3.11. The minimum absolute atomic E-state index is 0.0779. The van der Waals surface area contributed by atoms with Crippen molar-refractivity contribution in [1.82, 2.24) is 0 Å². The fourth-order valence-corrected chi connectivity index (χ4v) is 4.60. The number of hydrogen-bond donors (Lipinski definition) is 4. The van der Waals surface area contributed by atoms with Crippen LogP contribution in [0.4, 0.5) is 40.3 Å². The van der Waals surface area contributed by atoms with E-state index in [0.29, 0.717) is 12.8 Å². The van der Waals surface area contributed by atoms with Gasteiger partial charge in [0.2, 0.25) is 30.9 Å². The molecule has 0 radical (unpaired) electrons. The first-order valence-electron chi connectivity index (χ1n) is 11.0. The summed E-state index contributed by atoms with van der Waals surface area (Å²) in [5.74, 6) is -5.25. The number of sulfonamides is 1. The van der Waals surface area contributed by atoms with Crippen LogP contribution in [0.5, 0.6) is 0 Å². The highest BCUT2D eigenvalue weighted by molar-refractivity contribution is 8.13. The third-order valence-corrected chi connectivity index (χ3v) is 6.84. The molecule has 39 heavy (non-hydrogen) atoms. The molecule has 0 aliphatic carbocycles. The van der Waals surface area contributed by atoms with Crippen LogP contribution in [-0.2, 0) is 28.7 Å². The molecular formula is C22H29ClF4N4O6S2. The Bertz CT molecular complexity index is 1380. The molecule has 0 aliphatic heterocycles. The van der Waals surface area contributed by atoms with Crippen LogP contribution >= 0.6 is 10.7 Å². The molecule has 0 spiro atoms. The predicted molar refractivity (Wildman–Crippen MR) is 143 cm³/mol. The zero-order chi connectivity index (χ0) is 30.6. The molecule has 0 unspecified atom stereocenters. The average Bonchev–Trinajstić information content (AvgIpc) is 2.78. The fraction of sp³-hybridized carbons (Fsp3) is 0.364. The van der Waals surface area contributed by atoms with Crippen LogP contribution in [0, 0.1) is 23.3 Å². The molecule has 17 heteroatoms. The number of amides is 2. The molecule has 2 aromatic rings. The van der Waals surface area contributed by atoms with E-state index in [1.165, 1.54) is 0 Å². The number of halogens is 5. The van der Waals surface area contributed by atoms with Crippen LogP contribution in [-0.4, -0.2) is 40.2 Å². The number of benzene rings is 2. The van der Waals surface area contributed by atoms with Gasteiger partial charge in [0.05, 0.1) is 22.9 Å². The Morgan fingerprint density at radius 3 is 1.62 bits per heavy atom. The maximum Gasteiger partial charge on any atom is 0.232 e. The van der Waals surface area contributed by atoms with Crippen molar-refractivity contribution in [2.24, 2.45) is 0 Å². The summed E-state index contributed by atoms with van der Waals surface area (Å²) in [7, 11) is -2.09. The van der Waals surface area contributed by atoms with Gasteiger partial charge in [-0.15, -0.1) is 0 Å². The normalized spacial score (nSPS) is 10.8. The number of anilines is 4. The first kappa shape index (κ1) is 35.9. The topological polar surface area (TPSA) is 165 Å². The zero-order valence-corrected chi connectivity index (χ0v) is 23.8. The molecule has 0 atom stereocenters. The maximum atomic E-state index is 13.9. The monoisotopic (exact) mass is 620 g/mol. The van der Waals surface area contributed by atoms with Gasteiger partial charge in [0, 0.05) is 24.5 Å². The van der Waals surface area contributed by atoms with Crippen molar-refractivity contribution >= 4 is 64.3 Å². The quantitative estimate of drug-likeness (QED) is 0.191. The van der Waals surface area contributed by atoms with Crippen molar-refractivity contribution in [3.8, 4) is 0 Å². The lowest BCUT2D eigenvalue weighted by Crippen LogP contribution is -2.18. The lowest BCUT2D eigenvalue weighted by atomic mass is 10.2. The number of nitrogen functional groups attached to an aromatic ring is 1. The summed E-state index contributed by atoms with van der Waals surface area (Å²) in [5, 5.41) is 3.99. The van der Waals surface area contributed by atoms with Crippen LogP contribution in [0.25, 0.3) is 0 Å². The minimum atomic E-state index is -3.69. The van der Waals surface area contributed by atoms with E-state index in [0.717, 1.165) is 38.1 Å². The molecule has 0 aliphatic rings. The van der Waals surface area contributed by atoms with E-state index in [2.05, 4.69) is 0 Å². The van der Waals surface area contributed by atoms with Crippen LogP contribution in [0.2, 0.25) is 0 Å². The van der Waals surface area contributed by atoms with E-state index in [-0.39, 0.29) is 17.2 Å². The van der Waals surface area contributed by atoms with Gasteiger partial charge in [-0.2, -0.15) is 0 Å². The lowest BCUT2D eigenvalue weighted by Gasteiger charge is -2.12. The highest BCUT2D eigenvalue weighted by Crippen LogP contribution is 2.27. The number of carbonyl (C=O) groups excluding carboxylic acids is 2. The van der Waals surface area contributed by atoms with E-state index in [1.807, 2.05) is 15.4 Å². The fourth-order valence-electron chi connectivity index (χ4n) is 2.51. The van der Waals surface area contributed by atoms with Gasteiger partial charge >= 0.3 is 0 Å². The molecule has 0 fully saturated rings. The second-order valence-corrected chi connectivity index (χ2v) is 12.4. The Kier molecular flexibility index (Phi) is 14.8. The van der Waals surface area contributed by atoms with Gasteiger partial charge < -0.3 is 16.4 Å². The van der Waals surface area contributed by atoms with E-state index in [9.17, 15) is 44.0 Å². The smallest absolute Gasteiger partial charge is 0.232 e. The number of nitrogens with one attached hydrogen (secondary N) is 3. The van der Waals surface area contributed by atoms with Gasteiger partial charge in [-0.05, 0) is 37.1 Å².